The highest BCUT2D eigenvalue weighted by molar-refractivity contribution is 6.32. The van der Waals surface area contributed by atoms with Crippen molar-refractivity contribution in [1.29, 1.82) is 0 Å². The molecule has 152 valence electrons. The van der Waals surface area contributed by atoms with E-state index < -0.39 is 6.09 Å². The molecule has 0 aromatic heterocycles. The highest BCUT2D eigenvalue weighted by atomic mass is 35.5. The van der Waals surface area contributed by atoms with E-state index in [1.165, 1.54) is 18.1 Å². The van der Waals surface area contributed by atoms with Gasteiger partial charge in [-0.25, -0.2) is 4.79 Å². The normalized spacial score (nSPS) is 13.5. The molecule has 2 amide bonds. The maximum Gasteiger partial charge on any atom is 0.414 e. The van der Waals surface area contributed by atoms with Crippen molar-refractivity contribution in [2.45, 2.75) is 6.92 Å². The zero-order valence-electron chi connectivity index (χ0n) is 16.1. The quantitative estimate of drug-likeness (QED) is 0.679. The van der Waals surface area contributed by atoms with Crippen LogP contribution in [0.4, 0.5) is 16.2 Å². The number of hydrogen-bond acceptors (Lipinski definition) is 5. The van der Waals surface area contributed by atoms with Crippen molar-refractivity contribution in [1.82, 2.24) is 0 Å². The number of carbonyl (C=O) groups excluding carboxylic acids is 2. The molecule has 0 bridgehead atoms. The number of benzene rings is 2. The summed E-state index contributed by atoms with van der Waals surface area (Å²) >= 11 is 6.26. The van der Waals surface area contributed by atoms with Crippen molar-refractivity contribution in [2.75, 3.05) is 37.1 Å². The second kappa shape index (κ2) is 9.34. The molecule has 0 atom stereocenters. The maximum atomic E-state index is 12.4. The molecule has 7 nitrogen and oxygen atoms in total. The lowest BCUT2D eigenvalue weighted by Gasteiger charge is -2.17. The zero-order chi connectivity index (χ0) is 20.8. The van der Waals surface area contributed by atoms with E-state index in [9.17, 15) is 9.59 Å². The SMILES string of the molecule is CCOc1c(Cl)cc(/C=C/C(=O)Nc2ccccc2N2CCOC2=O)cc1OC. The maximum absolute atomic E-state index is 12.4. The lowest BCUT2D eigenvalue weighted by Crippen LogP contribution is -2.25. The van der Waals surface area contributed by atoms with Gasteiger partial charge >= 0.3 is 6.09 Å². The Kier molecular flexibility index (Phi) is 6.61. The largest absolute Gasteiger partial charge is 0.493 e. The number of carbonyl (C=O) groups is 2. The minimum Gasteiger partial charge on any atom is -0.493 e. The van der Waals surface area contributed by atoms with Gasteiger partial charge in [-0.3, -0.25) is 9.69 Å². The van der Waals surface area contributed by atoms with Crippen LogP contribution in [0.3, 0.4) is 0 Å². The van der Waals surface area contributed by atoms with Gasteiger partial charge in [-0.05, 0) is 42.8 Å². The van der Waals surface area contributed by atoms with Crippen LogP contribution in [0.15, 0.2) is 42.5 Å². The zero-order valence-corrected chi connectivity index (χ0v) is 16.9. The summed E-state index contributed by atoms with van der Waals surface area (Å²) in [6.07, 6.45) is 2.56. The van der Waals surface area contributed by atoms with E-state index in [4.69, 9.17) is 25.8 Å². The van der Waals surface area contributed by atoms with E-state index in [0.29, 0.717) is 53.2 Å². The molecule has 0 saturated carbocycles. The van der Waals surface area contributed by atoms with Crippen LogP contribution in [0.1, 0.15) is 12.5 Å². The van der Waals surface area contributed by atoms with Crippen LogP contribution >= 0.6 is 11.6 Å². The summed E-state index contributed by atoms with van der Waals surface area (Å²) < 4.78 is 15.8. The Bertz CT molecular complexity index is 945. The van der Waals surface area contributed by atoms with E-state index in [1.54, 1.807) is 42.5 Å². The lowest BCUT2D eigenvalue weighted by atomic mass is 10.1. The number of methoxy groups -OCH3 is 1. The summed E-state index contributed by atoms with van der Waals surface area (Å²) in [7, 11) is 1.52. The smallest absolute Gasteiger partial charge is 0.414 e. The van der Waals surface area contributed by atoms with Crippen LogP contribution in [-0.4, -0.2) is 38.9 Å². The highest BCUT2D eigenvalue weighted by Gasteiger charge is 2.25. The minimum absolute atomic E-state index is 0.321. The molecule has 2 aromatic carbocycles. The Balaban J connectivity index is 1.76. The molecule has 1 aliphatic heterocycles. The first-order valence-corrected chi connectivity index (χ1v) is 9.44. The van der Waals surface area contributed by atoms with Gasteiger partial charge in [-0.15, -0.1) is 0 Å². The first-order chi connectivity index (χ1) is 14.0. The summed E-state index contributed by atoms with van der Waals surface area (Å²) in [6.45, 7) is 3.07. The molecule has 0 aliphatic carbocycles. The second-order valence-electron chi connectivity index (χ2n) is 6.07. The molecular formula is C21H21ClN2O5. The van der Waals surface area contributed by atoms with Crippen molar-refractivity contribution in [3.8, 4) is 11.5 Å². The average Bonchev–Trinajstić information content (AvgIpc) is 3.14. The van der Waals surface area contributed by atoms with Crippen LogP contribution in [-0.2, 0) is 9.53 Å². The number of rotatable bonds is 7. The number of nitrogens with one attached hydrogen (secondary N) is 1. The molecule has 0 unspecified atom stereocenters. The molecule has 1 fully saturated rings. The van der Waals surface area contributed by atoms with Crippen molar-refractivity contribution in [2.24, 2.45) is 0 Å². The Morgan fingerprint density at radius 1 is 1.34 bits per heavy atom. The van der Waals surface area contributed by atoms with Gasteiger partial charge in [-0.2, -0.15) is 0 Å². The molecule has 3 rings (SSSR count). The number of ether oxygens (including phenoxy) is 3. The number of halogens is 1. The molecule has 1 saturated heterocycles. The van der Waals surface area contributed by atoms with Gasteiger partial charge in [0, 0.05) is 6.08 Å². The van der Waals surface area contributed by atoms with Gasteiger partial charge < -0.3 is 19.5 Å². The van der Waals surface area contributed by atoms with Crippen LogP contribution in [0.5, 0.6) is 11.5 Å². The summed E-state index contributed by atoms with van der Waals surface area (Å²) in [6, 6.07) is 10.5. The summed E-state index contributed by atoms with van der Waals surface area (Å²) in [5, 5.41) is 3.18. The Morgan fingerprint density at radius 3 is 2.83 bits per heavy atom. The third-order valence-electron chi connectivity index (χ3n) is 4.18. The molecule has 8 heteroatoms. The Hall–Kier alpha value is -3.19. The topological polar surface area (TPSA) is 77.1 Å². The third-order valence-corrected chi connectivity index (χ3v) is 4.46. The van der Waals surface area contributed by atoms with Gasteiger partial charge in [0.1, 0.15) is 6.61 Å². The first kappa shape index (κ1) is 20.5. The first-order valence-electron chi connectivity index (χ1n) is 9.06. The molecule has 0 spiro atoms. The fraction of sp³-hybridized carbons (Fsp3) is 0.238. The van der Waals surface area contributed by atoms with Gasteiger partial charge in [0.15, 0.2) is 11.5 Å². The van der Waals surface area contributed by atoms with Crippen molar-refractivity contribution >= 4 is 41.1 Å². The molecule has 2 aromatic rings. The molecular weight excluding hydrogens is 396 g/mol. The van der Waals surface area contributed by atoms with Gasteiger partial charge in [-0.1, -0.05) is 23.7 Å². The van der Waals surface area contributed by atoms with Gasteiger partial charge in [0.2, 0.25) is 5.91 Å². The van der Waals surface area contributed by atoms with E-state index in [0.717, 1.165) is 0 Å². The predicted octanol–water partition coefficient (Wildman–Crippen LogP) is 4.36. The van der Waals surface area contributed by atoms with Gasteiger partial charge in [0.25, 0.3) is 0 Å². The number of anilines is 2. The van der Waals surface area contributed by atoms with Crippen LogP contribution in [0, 0.1) is 0 Å². The van der Waals surface area contributed by atoms with Crippen molar-refractivity contribution in [3.05, 3.63) is 53.1 Å². The number of amides is 2. The monoisotopic (exact) mass is 416 g/mol. The lowest BCUT2D eigenvalue weighted by molar-refractivity contribution is -0.111. The van der Waals surface area contributed by atoms with E-state index in [1.807, 2.05) is 6.92 Å². The molecule has 1 N–H and O–H groups in total. The van der Waals surface area contributed by atoms with Crippen LogP contribution < -0.4 is 19.7 Å². The number of para-hydroxylation sites is 2. The van der Waals surface area contributed by atoms with E-state index >= 15 is 0 Å². The molecule has 0 radical (unpaired) electrons. The Labute approximate surface area is 173 Å². The third kappa shape index (κ3) is 4.81. The number of cyclic esters (lactones) is 1. The van der Waals surface area contributed by atoms with Crippen molar-refractivity contribution in [3.63, 3.8) is 0 Å². The minimum atomic E-state index is -0.432. The highest BCUT2D eigenvalue weighted by Crippen LogP contribution is 2.36. The molecule has 29 heavy (non-hydrogen) atoms. The fourth-order valence-electron chi connectivity index (χ4n) is 2.89. The Morgan fingerprint density at radius 2 is 2.14 bits per heavy atom. The fourth-order valence-corrected chi connectivity index (χ4v) is 3.17. The average molecular weight is 417 g/mol. The summed E-state index contributed by atoms with van der Waals surface area (Å²) in [4.78, 5) is 25.7. The predicted molar refractivity (Wildman–Crippen MR) is 112 cm³/mol. The van der Waals surface area contributed by atoms with E-state index in [2.05, 4.69) is 5.32 Å². The second-order valence-corrected chi connectivity index (χ2v) is 6.48. The summed E-state index contributed by atoms with van der Waals surface area (Å²) in [5.74, 6) is 0.594. The molecule has 1 aliphatic rings. The van der Waals surface area contributed by atoms with Crippen molar-refractivity contribution < 1.29 is 23.8 Å². The molecule has 1 heterocycles. The van der Waals surface area contributed by atoms with Gasteiger partial charge in [0.05, 0.1) is 36.7 Å². The van der Waals surface area contributed by atoms with E-state index in [-0.39, 0.29) is 5.91 Å². The number of nitrogens with zero attached hydrogens (tertiary/aromatic N) is 1. The van der Waals surface area contributed by atoms with Crippen LogP contribution in [0.25, 0.3) is 6.08 Å². The number of hydrogen-bond donors (Lipinski definition) is 1. The van der Waals surface area contributed by atoms with Crippen LogP contribution in [0.2, 0.25) is 5.02 Å². The summed E-state index contributed by atoms with van der Waals surface area (Å²) in [5.41, 5.74) is 1.78. The standard InChI is InChI=1S/C21H21ClN2O5/c1-3-28-20-15(22)12-14(13-18(20)27-2)8-9-19(25)23-16-6-4-5-7-17(16)24-10-11-29-21(24)26/h4-9,12-13H,3,10-11H2,1-2H3,(H,23,25)/b9-8+.